The Morgan fingerprint density at radius 3 is 2.86 bits per heavy atom. The van der Waals surface area contributed by atoms with Gasteiger partial charge in [-0.2, -0.15) is 0 Å². The summed E-state index contributed by atoms with van der Waals surface area (Å²) in [5.74, 6) is 0.511. The summed E-state index contributed by atoms with van der Waals surface area (Å²) in [6.07, 6.45) is 2.59. The molecule has 0 atom stereocenters. The third-order valence-corrected chi connectivity index (χ3v) is 3.35. The van der Waals surface area contributed by atoms with Gasteiger partial charge >= 0.3 is 0 Å². The smallest absolute Gasteiger partial charge is 0.253 e. The number of nitrogens with two attached hydrogens (primary N) is 1. The van der Waals surface area contributed by atoms with E-state index in [9.17, 15) is 4.79 Å². The minimum Gasteiger partial charge on any atom is -0.338 e. The van der Waals surface area contributed by atoms with Gasteiger partial charge in [0.2, 0.25) is 0 Å². The summed E-state index contributed by atoms with van der Waals surface area (Å²) in [6.45, 7) is 6.30. The minimum absolute atomic E-state index is 0.0721. The second kappa shape index (κ2) is 7.18. The molecule has 112 valence electrons. The summed E-state index contributed by atoms with van der Waals surface area (Å²) in [5.41, 5.74) is 7.20. The molecule has 0 aliphatic heterocycles. The number of carbonyl (C=O) groups is 1. The number of nitrogens with zero attached hydrogens (tertiary/aromatic N) is 2. The van der Waals surface area contributed by atoms with Gasteiger partial charge in [-0.1, -0.05) is 19.9 Å². The predicted octanol–water partition coefficient (Wildman–Crippen LogP) is 2.68. The Morgan fingerprint density at radius 2 is 2.14 bits per heavy atom. The number of carbonyl (C=O) groups excluding carboxylic acids is 1. The lowest BCUT2D eigenvalue weighted by Crippen LogP contribution is -2.35. The van der Waals surface area contributed by atoms with Crippen molar-refractivity contribution in [2.75, 3.05) is 19.6 Å². The van der Waals surface area contributed by atoms with Crippen LogP contribution in [0.4, 0.5) is 0 Å². The van der Waals surface area contributed by atoms with Gasteiger partial charge in [0, 0.05) is 30.2 Å². The first-order chi connectivity index (χ1) is 10.1. The lowest BCUT2D eigenvalue weighted by molar-refractivity contribution is 0.0735. The Balaban J connectivity index is 2.24. The average molecular weight is 285 g/mol. The van der Waals surface area contributed by atoms with Gasteiger partial charge in [-0.25, -0.2) is 0 Å². The zero-order chi connectivity index (χ0) is 15.2. The molecule has 1 amide bonds. The van der Waals surface area contributed by atoms with Crippen LogP contribution in [0.25, 0.3) is 10.9 Å². The molecule has 0 spiro atoms. The van der Waals surface area contributed by atoms with Gasteiger partial charge in [-0.3, -0.25) is 9.78 Å². The van der Waals surface area contributed by atoms with Crippen LogP contribution in [-0.4, -0.2) is 35.4 Å². The van der Waals surface area contributed by atoms with Crippen LogP contribution in [0.1, 0.15) is 30.6 Å². The lowest BCUT2D eigenvalue weighted by atomic mass is 10.1. The highest BCUT2D eigenvalue weighted by atomic mass is 16.2. The second-order valence-corrected chi connectivity index (χ2v) is 5.70. The van der Waals surface area contributed by atoms with E-state index in [1.54, 1.807) is 6.20 Å². The van der Waals surface area contributed by atoms with Crippen LogP contribution >= 0.6 is 0 Å². The molecule has 0 radical (unpaired) electrons. The molecule has 0 unspecified atom stereocenters. The Labute approximate surface area is 126 Å². The van der Waals surface area contributed by atoms with E-state index in [2.05, 4.69) is 18.8 Å². The van der Waals surface area contributed by atoms with Crippen molar-refractivity contribution in [2.45, 2.75) is 20.3 Å². The van der Waals surface area contributed by atoms with Gasteiger partial charge in [0.1, 0.15) is 0 Å². The molecular formula is C17H23N3O. The van der Waals surface area contributed by atoms with Crippen molar-refractivity contribution in [1.29, 1.82) is 0 Å². The fourth-order valence-corrected chi connectivity index (χ4v) is 2.39. The molecule has 2 aromatic rings. The number of rotatable bonds is 6. The van der Waals surface area contributed by atoms with Crippen molar-refractivity contribution in [3.8, 4) is 0 Å². The lowest BCUT2D eigenvalue weighted by Gasteiger charge is -2.24. The van der Waals surface area contributed by atoms with Crippen LogP contribution in [0.3, 0.4) is 0 Å². The van der Waals surface area contributed by atoms with Gasteiger partial charge in [0.25, 0.3) is 5.91 Å². The van der Waals surface area contributed by atoms with E-state index in [0.29, 0.717) is 24.6 Å². The molecule has 2 rings (SSSR count). The van der Waals surface area contributed by atoms with Crippen molar-refractivity contribution in [2.24, 2.45) is 11.7 Å². The van der Waals surface area contributed by atoms with Gasteiger partial charge in [0.05, 0.1) is 5.52 Å². The summed E-state index contributed by atoms with van der Waals surface area (Å²) in [6, 6.07) is 9.54. The number of hydrogen-bond donors (Lipinski definition) is 1. The summed E-state index contributed by atoms with van der Waals surface area (Å²) < 4.78 is 0. The number of hydrogen-bond acceptors (Lipinski definition) is 3. The number of amides is 1. The molecular weight excluding hydrogens is 262 g/mol. The summed E-state index contributed by atoms with van der Waals surface area (Å²) in [5, 5.41) is 0.992. The molecule has 4 nitrogen and oxygen atoms in total. The fourth-order valence-electron chi connectivity index (χ4n) is 2.39. The van der Waals surface area contributed by atoms with Gasteiger partial charge in [-0.05, 0) is 43.1 Å². The number of benzene rings is 1. The standard InChI is InChI=1S/C17H23N3O/c1-13(2)12-20(10-4-8-18)17(21)15-6-7-16-14(11-15)5-3-9-19-16/h3,5-7,9,11,13H,4,8,10,12,18H2,1-2H3. The van der Waals surface area contributed by atoms with E-state index < -0.39 is 0 Å². The average Bonchev–Trinajstić information content (AvgIpc) is 2.50. The normalized spacial score (nSPS) is 11.0. The molecule has 1 aromatic heterocycles. The molecule has 1 aromatic carbocycles. The Kier molecular flexibility index (Phi) is 5.28. The van der Waals surface area contributed by atoms with Crippen molar-refractivity contribution in [1.82, 2.24) is 9.88 Å². The van der Waals surface area contributed by atoms with Gasteiger partial charge < -0.3 is 10.6 Å². The highest BCUT2D eigenvalue weighted by molar-refractivity contribution is 5.97. The van der Waals surface area contributed by atoms with E-state index in [1.807, 2.05) is 35.2 Å². The third kappa shape index (κ3) is 4.02. The molecule has 4 heteroatoms. The summed E-state index contributed by atoms with van der Waals surface area (Å²) in [7, 11) is 0. The molecule has 0 bridgehead atoms. The van der Waals surface area contributed by atoms with Crippen LogP contribution in [0.2, 0.25) is 0 Å². The molecule has 0 saturated heterocycles. The predicted molar refractivity (Wildman–Crippen MR) is 86.2 cm³/mol. The van der Waals surface area contributed by atoms with E-state index in [-0.39, 0.29) is 5.91 Å². The number of pyridine rings is 1. The monoisotopic (exact) mass is 285 g/mol. The molecule has 21 heavy (non-hydrogen) atoms. The van der Waals surface area contributed by atoms with Crippen LogP contribution in [0, 0.1) is 5.92 Å². The highest BCUT2D eigenvalue weighted by Gasteiger charge is 2.16. The van der Waals surface area contributed by atoms with E-state index >= 15 is 0 Å². The SMILES string of the molecule is CC(C)CN(CCCN)C(=O)c1ccc2ncccc2c1. The fraction of sp³-hybridized carbons (Fsp3) is 0.412. The number of fused-ring (bicyclic) bond motifs is 1. The maximum atomic E-state index is 12.7. The summed E-state index contributed by atoms with van der Waals surface area (Å²) in [4.78, 5) is 18.9. The van der Waals surface area contributed by atoms with Gasteiger partial charge in [-0.15, -0.1) is 0 Å². The Morgan fingerprint density at radius 1 is 1.33 bits per heavy atom. The van der Waals surface area contributed by atoms with Crippen LogP contribution < -0.4 is 5.73 Å². The van der Waals surface area contributed by atoms with Crippen molar-refractivity contribution in [3.63, 3.8) is 0 Å². The van der Waals surface area contributed by atoms with E-state index in [1.165, 1.54) is 0 Å². The topological polar surface area (TPSA) is 59.2 Å². The van der Waals surface area contributed by atoms with Crippen molar-refractivity contribution in [3.05, 3.63) is 42.1 Å². The first-order valence-corrected chi connectivity index (χ1v) is 7.46. The first-order valence-electron chi connectivity index (χ1n) is 7.46. The van der Waals surface area contributed by atoms with Crippen molar-refractivity contribution >= 4 is 16.8 Å². The molecule has 1 heterocycles. The first kappa shape index (κ1) is 15.4. The third-order valence-electron chi connectivity index (χ3n) is 3.35. The highest BCUT2D eigenvalue weighted by Crippen LogP contribution is 2.15. The van der Waals surface area contributed by atoms with Crippen molar-refractivity contribution < 1.29 is 4.79 Å². The zero-order valence-corrected chi connectivity index (χ0v) is 12.7. The molecule has 0 saturated carbocycles. The Bertz CT molecular complexity index is 610. The van der Waals surface area contributed by atoms with Gasteiger partial charge in [0.15, 0.2) is 0 Å². The molecule has 0 fully saturated rings. The van der Waals surface area contributed by atoms with Crippen LogP contribution in [-0.2, 0) is 0 Å². The maximum Gasteiger partial charge on any atom is 0.253 e. The van der Waals surface area contributed by atoms with Crippen LogP contribution in [0.15, 0.2) is 36.5 Å². The maximum absolute atomic E-state index is 12.7. The van der Waals surface area contributed by atoms with E-state index in [4.69, 9.17) is 5.73 Å². The summed E-state index contributed by atoms with van der Waals surface area (Å²) >= 11 is 0. The Hall–Kier alpha value is -1.94. The molecule has 2 N–H and O–H groups in total. The second-order valence-electron chi connectivity index (χ2n) is 5.70. The quantitative estimate of drug-likeness (QED) is 0.887. The zero-order valence-electron chi connectivity index (χ0n) is 12.7. The largest absolute Gasteiger partial charge is 0.338 e. The molecule has 0 aliphatic carbocycles. The molecule has 0 aliphatic rings. The van der Waals surface area contributed by atoms with E-state index in [0.717, 1.165) is 23.9 Å². The van der Waals surface area contributed by atoms with Crippen LogP contribution in [0.5, 0.6) is 0 Å². The minimum atomic E-state index is 0.0721. The number of aromatic nitrogens is 1.